The molecule has 2 aromatic carbocycles. The first kappa shape index (κ1) is 11.6. The molecule has 0 radical (unpaired) electrons. The topological polar surface area (TPSA) is 30.9 Å². The molecule has 2 N–H and O–H groups in total. The van der Waals surface area contributed by atoms with Gasteiger partial charge < -0.3 is 10.3 Å². The highest BCUT2D eigenvalue weighted by Crippen LogP contribution is 2.28. The Kier molecular flexibility index (Phi) is 3.07. The predicted molar refractivity (Wildman–Crippen MR) is 80.7 cm³/mol. The molecule has 94 valence electrons. The molecule has 2 heteroatoms. The number of allylic oxidation sites excluding steroid dienone is 1. The van der Waals surface area contributed by atoms with Crippen LogP contribution in [0.1, 0.15) is 0 Å². The van der Waals surface area contributed by atoms with E-state index in [4.69, 9.17) is 5.73 Å². The van der Waals surface area contributed by atoms with E-state index >= 15 is 0 Å². The van der Waals surface area contributed by atoms with Crippen LogP contribution in [0, 0.1) is 0 Å². The summed E-state index contributed by atoms with van der Waals surface area (Å²) in [5, 5.41) is 1.26. The second-order valence-electron chi connectivity index (χ2n) is 4.49. The number of hydrogen-bond donors (Lipinski definition) is 1. The highest BCUT2D eigenvalue weighted by atomic mass is 15.0. The largest absolute Gasteiger partial charge is 0.405 e. The predicted octanol–water partition coefficient (Wildman–Crippen LogP) is 3.78. The smallest absolute Gasteiger partial charge is 0.0494 e. The summed E-state index contributed by atoms with van der Waals surface area (Å²) in [6.45, 7) is 0.786. The zero-order valence-corrected chi connectivity index (χ0v) is 10.7. The Hall–Kier alpha value is -2.48. The zero-order valence-electron chi connectivity index (χ0n) is 10.7. The number of hydrogen-bond acceptors (Lipinski definition) is 1. The molecule has 0 saturated carbocycles. The molecule has 0 bridgehead atoms. The van der Waals surface area contributed by atoms with Crippen molar-refractivity contribution < 1.29 is 0 Å². The molecule has 3 aromatic rings. The molecular weight excluding hydrogens is 232 g/mol. The fraction of sp³-hybridized carbons (Fsp3) is 0.0588. The van der Waals surface area contributed by atoms with Crippen molar-refractivity contribution in [1.82, 2.24) is 4.57 Å². The van der Waals surface area contributed by atoms with E-state index in [0.717, 1.165) is 6.54 Å². The van der Waals surface area contributed by atoms with Crippen molar-refractivity contribution >= 4 is 10.9 Å². The van der Waals surface area contributed by atoms with Gasteiger partial charge in [-0.25, -0.2) is 0 Å². The quantitative estimate of drug-likeness (QED) is 0.751. The lowest BCUT2D eigenvalue weighted by atomic mass is 10.1. The lowest BCUT2D eigenvalue weighted by Gasteiger charge is -2.08. The van der Waals surface area contributed by atoms with Gasteiger partial charge in [-0.1, -0.05) is 48.5 Å². The third-order valence-corrected chi connectivity index (χ3v) is 3.30. The molecule has 0 saturated heterocycles. The van der Waals surface area contributed by atoms with Crippen LogP contribution in [0.25, 0.3) is 22.2 Å². The third-order valence-electron chi connectivity index (χ3n) is 3.30. The SMILES string of the molecule is NC=CCn1c(-c2ccccc2)cc2ccccc21. The summed E-state index contributed by atoms with van der Waals surface area (Å²) in [6, 6.07) is 21.1. The molecule has 0 atom stereocenters. The minimum atomic E-state index is 0.786. The van der Waals surface area contributed by atoms with E-state index in [1.165, 1.54) is 22.2 Å². The molecule has 3 rings (SSSR count). The van der Waals surface area contributed by atoms with Crippen molar-refractivity contribution in [2.75, 3.05) is 0 Å². The summed E-state index contributed by atoms with van der Waals surface area (Å²) in [4.78, 5) is 0. The Labute approximate surface area is 112 Å². The molecule has 1 heterocycles. The number of rotatable bonds is 3. The second-order valence-corrected chi connectivity index (χ2v) is 4.49. The summed E-state index contributed by atoms with van der Waals surface area (Å²) >= 11 is 0. The standard InChI is InChI=1S/C17H16N2/c18-11-6-12-19-16-10-5-4-9-15(16)13-17(19)14-7-2-1-3-8-14/h1-11,13H,12,18H2. The molecule has 0 spiro atoms. The van der Waals surface area contributed by atoms with Crippen molar-refractivity contribution in [1.29, 1.82) is 0 Å². The average Bonchev–Trinajstić information content (AvgIpc) is 2.85. The Morgan fingerprint density at radius 1 is 0.947 bits per heavy atom. The maximum atomic E-state index is 5.48. The maximum Gasteiger partial charge on any atom is 0.0494 e. The van der Waals surface area contributed by atoms with Crippen LogP contribution < -0.4 is 5.73 Å². The Morgan fingerprint density at radius 2 is 1.68 bits per heavy atom. The minimum Gasteiger partial charge on any atom is -0.405 e. The maximum absolute atomic E-state index is 5.48. The first-order chi connectivity index (χ1) is 9.40. The van der Waals surface area contributed by atoms with E-state index in [0.29, 0.717) is 0 Å². The number of nitrogens with zero attached hydrogens (tertiary/aromatic N) is 1. The lowest BCUT2D eigenvalue weighted by Crippen LogP contribution is -1.98. The van der Waals surface area contributed by atoms with E-state index < -0.39 is 0 Å². The van der Waals surface area contributed by atoms with E-state index in [-0.39, 0.29) is 0 Å². The van der Waals surface area contributed by atoms with Gasteiger partial charge in [-0.3, -0.25) is 0 Å². The van der Waals surface area contributed by atoms with Crippen molar-refractivity contribution in [3.63, 3.8) is 0 Å². The van der Waals surface area contributed by atoms with Crippen molar-refractivity contribution in [3.05, 3.63) is 72.9 Å². The van der Waals surface area contributed by atoms with Gasteiger partial charge in [0, 0.05) is 23.1 Å². The van der Waals surface area contributed by atoms with Gasteiger partial charge in [-0.2, -0.15) is 0 Å². The molecule has 0 fully saturated rings. The highest BCUT2D eigenvalue weighted by Gasteiger charge is 2.08. The number of fused-ring (bicyclic) bond motifs is 1. The van der Waals surface area contributed by atoms with Gasteiger partial charge in [-0.05, 0) is 30.0 Å². The average molecular weight is 248 g/mol. The van der Waals surface area contributed by atoms with Crippen LogP contribution in [0.4, 0.5) is 0 Å². The number of aromatic nitrogens is 1. The fourth-order valence-corrected chi connectivity index (χ4v) is 2.42. The summed E-state index contributed by atoms with van der Waals surface area (Å²) in [6.07, 6.45) is 3.57. The van der Waals surface area contributed by atoms with Gasteiger partial charge in [0.2, 0.25) is 0 Å². The second kappa shape index (κ2) is 5.02. The molecule has 19 heavy (non-hydrogen) atoms. The van der Waals surface area contributed by atoms with Crippen molar-refractivity contribution in [2.24, 2.45) is 5.73 Å². The highest BCUT2D eigenvalue weighted by molar-refractivity contribution is 5.87. The van der Waals surface area contributed by atoms with Gasteiger partial charge in [0.05, 0.1) is 0 Å². The van der Waals surface area contributed by atoms with Crippen LogP contribution in [0.15, 0.2) is 72.9 Å². The first-order valence-electron chi connectivity index (χ1n) is 6.40. The van der Waals surface area contributed by atoms with E-state index in [1.807, 2.05) is 12.1 Å². The van der Waals surface area contributed by atoms with Crippen LogP contribution in [0.3, 0.4) is 0 Å². The zero-order chi connectivity index (χ0) is 13.1. The Balaban J connectivity index is 2.22. The minimum absolute atomic E-state index is 0.786. The number of benzene rings is 2. The van der Waals surface area contributed by atoms with E-state index in [2.05, 4.69) is 59.2 Å². The summed E-state index contributed by atoms with van der Waals surface area (Å²) in [5.74, 6) is 0. The Morgan fingerprint density at radius 3 is 2.47 bits per heavy atom. The van der Waals surface area contributed by atoms with Crippen LogP contribution >= 0.6 is 0 Å². The van der Waals surface area contributed by atoms with Gasteiger partial charge >= 0.3 is 0 Å². The summed E-state index contributed by atoms with van der Waals surface area (Å²) in [5.41, 5.74) is 9.17. The fourth-order valence-electron chi connectivity index (χ4n) is 2.42. The van der Waals surface area contributed by atoms with E-state index in [1.54, 1.807) is 6.20 Å². The third kappa shape index (κ3) is 2.13. The van der Waals surface area contributed by atoms with Crippen LogP contribution in [-0.4, -0.2) is 4.57 Å². The summed E-state index contributed by atoms with van der Waals surface area (Å²) in [7, 11) is 0. The van der Waals surface area contributed by atoms with Crippen molar-refractivity contribution in [2.45, 2.75) is 6.54 Å². The molecule has 0 aliphatic heterocycles. The molecule has 0 aliphatic carbocycles. The van der Waals surface area contributed by atoms with Gasteiger partial charge in [-0.15, -0.1) is 0 Å². The monoisotopic (exact) mass is 248 g/mol. The molecule has 0 unspecified atom stereocenters. The molecular formula is C17H16N2. The molecule has 1 aromatic heterocycles. The molecule has 0 amide bonds. The van der Waals surface area contributed by atoms with Gasteiger partial charge in [0.15, 0.2) is 0 Å². The summed E-state index contributed by atoms with van der Waals surface area (Å²) < 4.78 is 2.29. The van der Waals surface area contributed by atoms with Crippen molar-refractivity contribution in [3.8, 4) is 11.3 Å². The van der Waals surface area contributed by atoms with Gasteiger partial charge in [0.1, 0.15) is 0 Å². The van der Waals surface area contributed by atoms with Crippen LogP contribution in [0.2, 0.25) is 0 Å². The molecule has 2 nitrogen and oxygen atoms in total. The van der Waals surface area contributed by atoms with Gasteiger partial charge in [0.25, 0.3) is 0 Å². The van der Waals surface area contributed by atoms with Crippen LogP contribution in [-0.2, 0) is 6.54 Å². The van der Waals surface area contributed by atoms with E-state index in [9.17, 15) is 0 Å². The number of para-hydroxylation sites is 1. The lowest BCUT2D eigenvalue weighted by molar-refractivity contribution is 0.870. The molecule has 0 aliphatic rings. The Bertz CT molecular complexity index is 708. The number of nitrogens with two attached hydrogens (primary N) is 1. The van der Waals surface area contributed by atoms with Crippen LogP contribution in [0.5, 0.6) is 0 Å². The normalized spacial score (nSPS) is 11.4. The first-order valence-corrected chi connectivity index (χ1v) is 6.40.